The van der Waals surface area contributed by atoms with Crippen molar-refractivity contribution in [3.8, 4) is 0 Å². The van der Waals surface area contributed by atoms with Crippen LogP contribution in [0.15, 0.2) is 101 Å². The molecule has 0 aliphatic carbocycles. The van der Waals surface area contributed by atoms with Crippen molar-refractivity contribution < 1.29 is 0 Å². The molecule has 186 valence electrons. The Morgan fingerprint density at radius 2 is 1.85 bits per heavy atom. The smallest absolute Gasteiger partial charge is 0.149 e. The Morgan fingerprint density at radius 1 is 1.21 bits per heavy atom. The Balaban J connectivity index is 2.98. The van der Waals surface area contributed by atoms with E-state index in [2.05, 4.69) is 102 Å². The standard InChI is InChI=1S/C30H46N4/c1-13-22(5)26(23(6)19-30(9,10)11)17-15-16-24(7)32-25(8)27-18-28(21(3)4)34(14-2)29(33-27)20-31-12/h13,15,17-18,20,24,31-32H,1,3,6,8,14,16,19H2,2,4-5,7,9-12H3/b17-15-,26-22+,29-20-. The van der Waals surface area contributed by atoms with E-state index < -0.39 is 0 Å². The largest absolute Gasteiger partial charge is 0.391 e. The van der Waals surface area contributed by atoms with Crippen LogP contribution in [0, 0.1) is 5.41 Å². The predicted octanol–water partition coefficient (Wildman–Crippen LogP) is 7.17. The zero-order valence-electron chi connectivity index (χ0n) is 22.8. The molecule has 1 atom stereocenters. The van der Waals surface area contributed by atoms with Crippen LogP contribution in [-0.2, 0) is 0 Å². The Labute approximate surface area is 209 Å². The molecule has 1 rings (SSSR count). The Kier molecular flexibility index (Phi) is 11.1. The van der Waals surface area contributed by atoms with E-state index >= 15 is 0 Å². The van der Waals surface area contributed by atoms with Crippen molar-refractivity contribution in [2.75, 3.05) is 13.6 Å². The van der Waals surface area contributed by atoms with Gasteiger partial charge in [-0.05, 0) is 74.3 Å². The topological polar surface area (TPSA) is 39.7 Å². The van der Waals surface area contributed by atoms with Gasteiger partial charge in [0.15, 0.2) is 0 Å². The van der Waals surface area contributed by atoms with Crippen molar-refractivity contribution in [1.29, 1.82) is 0 Å². The summed E-state index contributed by atoms with van der Waals surface area (Å²) >= 11 is 0. The second kappa shape index (κ2) is 13.0. The first-order valence-electron chi connectivity index (χ1n) is 12.1. The molecule has 0 aromatic heterocycles. The first kappa shape index (κ1) is 29.0. The van der Waals surface area contributed by atoms with Gasteiger partial charge in [-0.15, -0.1) is 0 Å². The average molecular weight is 463 g/mol. The maximum atomic E-state index is 4.82. The Bertz CT molecular complexity index is 945. The molecule has 0 bridgehead atoms. The van der Waals surface area contributed by atoms with Gasteiger partial charge < -0.3 is 15.5 Å². The van der Waals surface area contributed by atoms with Crippen LogP contribution >= 0.6 is 0 Å². The van der Waals surface area contributed by atoms with Crippen molar-refractivity contribution in [2.24, 2.45) is 10.4 Å². The van der Waals surface area contributed by atoms with Crippen LogP contribution in [-0.4, -0.2) is 30.2 Å². The van der Waals surface area contributed by atoms with Crippen LogP contribution in [0.3, 0.4) is 0 Å². The molecule has 0 fully saturated rings. The molecule has 0 spiro atoms. The predicted molar refractivity (Wildman–Crippen MR) is 151 cm³/mol. The first-order chi connectivity index (χ1) is 15.8. The molecule has 4 nitrogen and oxygen atoms in total. The summed E-state index contributed by atoms with van der Waals surface area (Å²) in [5, 5.41) is 6.60. The molecular weight excluding hydrogens is 416 g/mol. The minimum absolute atomic E-state index is 0.190. The van der Waals surface area contributed by atoms with Gasteiger partial charge in [-0.25, -0.2) is 4.99 Å². The van der Waals surface area contributed by atoms with E-state index in [-0.39, 0.29) is 11.5 Å². The van der Waals surface area contributed by atoms with Crippen LogP contribution in [0.4, 0.5) is 0 Å². The summed E-state index contributed by atoms with van der Waals surface area (Å²) in [5.41, 5.74) is 7.31. The average Bonchev–Trinajstić information content (AvgIpc) is 2.74. The fourth-order valence-corrected chi connectivity index (χ4v) is 3.82. The third kappa shape index (κ3) is 8.74. The second-order valence-corrected chi connectivity index (χ2v) is 10.1. The lowest BCUT2D eigenvalue weighted by Crippen LogP contribution is -2.32. The maximum absolute atomic E-state index is 4.82. The molecule has 1 aliphatic rings. The number of allylic oxidation sites excluding steroid dienone is 7. The third-order valence-electron chi connectivity index (χ3n) is 5.46. The van der Waals surface area contributed by atoms with Crippen molar-refractivity contribution >= 4 is 5.71 Å². The highest BCUT2D eigenvalue weighted by Crippen LogP contribution is 2.29. The second-order valence-electron chi connectivity index (χ2n) is 10.1. The summed E-state index contributed by atoms with van der Waals surface area (Å²) in [4.78, 5) is 6.96. The van der Waals surface area contributed by atoms with E-state index in [0.29, 0.717) is 0 Å². The normalized spacial score (nSPS) is 17.1. The maximum Gasteiger partial charge on any atom is 0.149 e. The van der Waals surface area contributed by atoms with Gasteiger partial charge in [0.2, 0.25) is 0 Å². The number of nitrogens with zero attached hydrogens (tertiary/aromatic N) is 2. The quantitative estimate of drug-likeness (QED) is 0.302. The van der Waals surface area contributed by atoms with Crippen LogP contribution in [0.25, 0.3) is 0 Å². The molecule has 1 unspecified atom stereocenters. The summed E-state index contributed by atoms with van der Waals surface area (Å²) in [7, 11) is 1.88. The van der Waals surface area contributed by atoms with Gasteiger partial charge in [-0.2, -0.15) is 0 Å². The van der Waals surface area contributed by atoms with Crippen molar-refractivity contribution in [1.82, 2.24) is 15.5 Å². The van der Waals surface area contributed by atoms with Crippen LogP contribution in [0.5, 0.6) is 0 Å². The molecule has 0 aromatic carbocycles. The monoisotopic (exact) mass is 462 g/mol. The van der Waals surface area contributed by atoms with Gasteiger partial charge in [0, 0.05) is 31.5 Å². The zero-order chi connectivity index (χ0) is 26.1. The van der Waals surface area contributed by atoms with Gasteiger partial charge in [0.25, 0.3) is 0 Å². The van der Waals surface area contributed by atoms with E-state index in [1.165, 1.54) is 5.57 Å². The van der Waals surface area contributed by atoms with Gasteiger partial charge in [0.1, 0.15) is 5.82 Å². The highest BCUT2D eigenvalue weighted by Gasteiger charge is 2.21. The molecule has 0 saturated carbocycles. The van der Waals surface area contributed by atoms with Gasteiger partial charge in [-0.1, -0.05) is 65.3 Å². The minimum atomic E-state index is 0.190. The Hall–Kier alpha value is -3.01. The van der Waals surface area contributed by atoms with E-state index in [1.807, 2.05) is 26.2 Å². The van der Waals surface area contributed by atoms with Crippen molar-refractivity contribution in [3.63, 3.8) is 0 Å². The molecule has 1 heterocycles. The lowest BCUT2D eigenvalue weighted by molar-refractivity contribution is 0.412. The number of nitrogens with one attached hydrogen (secondary N) is 2. The van der Waals surface area contributed by atoms with Crippen LogP contribution in [0.1, 0.15) is 61.3 Å². The molecule has 0 amide bonds. The Morgan fingerprint density at radius 3 is 2.35 bits per heavy atom. The van der Waals surface area contributed by atoms with Gasteiger partial charge >= 0.3 is 0 Å². The van der Waals surface area contributed by atoms with E-state index in [0.717, 1.165) is 59.0 Å². The summed E-state index contributed by atoms with van der Waals surface area (Å²) < 4.78 is 0. The number of rotatable bonds is 12. The van der Waals surface area contributed by atoms with Crippen molar-refractivity contribution in [2.45, 2.75) is 67.3 Å². The van der Waals surface area contributed by atoms with Gasteiger partial charge in [-0.3, -0.25) is 0 Å². The fraction of sp³-hybridized carbons (Fsp3) is 0.433. The highest BCUT2D eigenvalue weighted by atomic mass is 15.2. The molecule has 2 N–H and O–H groups in total. The van der Waals surface area contributed by atoms with Crippen LogP contribution in [0.2, 0.25) is 0 Å². The first-order valence-corrected chi connectivity index (χ1v) is 12.1. The lowest BCUT2D eigenvalue weighted by atomic mass is 9.84. The SMILES string of the molecule is C=C/C(C)=C(\C=C/CC(C)NC(=C)C1=N/C(=C/NC)N(CC)C(C(=C)C)=C1)C(=C)CC(C)(C)C. The van der Waals surface area contributed by atoms with Crippen molar-refractivity contribution in [3.05, 3.63) is 96.3 Å². The van der Waals surface area contributed by atoms with Gasteiger partial charge in [0.05, 0.1) is 11.4 Å². The van der Waals surface area contributed by atoms with Crippen LogP contribution < -0.4 is 10.6 Å². The molecule has 0 aromatic rings. The molecule has 1 aliphatic heterocycles. The third-order valence-corrected chi connectivity index (χ3v) is 5.46. The molecule has 4 heteroatoms. The number of likely N-dealkylation sites (N-methyl/N-ethyl adjacent to an activating group) is 1. The number of hydrogen-bond donors (Lipinski definition) is 2. The molecular formula is C30H46N4. The molecule has 0 radical (unpaired) electrons. The number of hydrogen-bond acceptors (Lipinski definition) is 4. The molecule has 34 heavy (non-hydrogen) atoms. The lowest BCUT2D eigenvalue weighted by Gasteiger charge is -2.31. The summed E-state index contributed by atoms with van der Waals surface area (Å²) in [6, 6.07) is 0.190. The summed E-state index contributed by atoms with van der Waals surface area (Å²) in [5.74, 6) is 0.850. The minimum Gasteiger partial charge on any atom is -0.391 e. The fourth-order valence-electron chi connectivity index (χ4n) is 3.82. The van der Waals surface area contributed by atoms with E-state index in [1.54, 1.807) is 0 Å². The number of aliphatic imine (C=N–C) groups is 1. The van der Waals surface area contributed by atoms with E-state index in [4.69, 9.17) is 4.99 Å². The zero-order valence-corrected chi connectivity index (χ0v) is 22.8. The highest BCUT2D eigenvalue weighted by molar-refractivity contribution is 6.09. The molecule has 0 saturated heterocycles. The summed E-state index contributed by atoms with van der Waals surface area (Å²) in [6.45, 7) is 32.6. The van der Waals surface area contributed by atoms with E-state index in [9.17, 15) is 0 Å². The summed E-state index contributed by atoms with van der Waals surface area (Å²) in [6.07, 6.45) is 12.0.